The van der Waals surface area contributed by atoms with Gasteiger partial charge in [-0.2, -0.15) is 9.52 Å². The summed E-state index contributed by atoms with van der Waals surface area (Å²) < 4.78 is 47.4. The first-order chi connectivity index (χ1) is 18.8. The number of nitrogens with zero attached hydrogens (tertiary/aromatic N) is 5. The number of halogens is 1. The smallest absolute Gasteiger partial charge is 0.243 e. The fourth-order valence-electron chi connectivity index (χ4n) is 4.41. The van der Waals surface area contributed by atoms with Crippen LogP contribution in [0, 0.1) is 5.82 Å². The van der Waals surface area contributed by atoms with Gasteiger partial charge in [-0.15, -0.1) is 10.2 Å². The minimum Gasteiger partial charge on any atom is -0.379 e. The number of hydrogen-bond acceptors (Lipinski definition) is 7. The minimum atomic E-state index is -3.62. The second-order valence-corrected chi connectivity index (χ2v) is 10.9. The maximum atomic E-state index is 14.5. The number of ether oxygens (including phenoxy) is 1. The van der Waals surface area contributed by atoms with Crippen molar-refractivity contribution in [2.24, 2.45) is 0 Å². The van der Waals surface area contributed by atoms with Crippen molar-refractivity contribution in [2.75, 3.05) is 31.2 Å². The molecule has 5 rings (SSSR count). The first-order valence-electron chi connectivity index (χ1n) is 12.5. The van der Waals surface area contributed by atoms with Crippen molar-refractivity contribution in [3.8, 4) is 22.5 Å². The number of morpholine rings is 1. The molecule has 0 atom stereocenters. The number of nitrogens with one attached hydrogen (secondary N) is 1. The molecule has 0 aliphatic carbocycles. The van der Waals surface area contributed by atoms with E-state index in [1.165, 1.54) is 21.3 Å². The van der Waals surface area contributed by atoms with Crippen molar-refractivity contribution >= 4 is 21.6 Å². The van der Waals surface area contributed by atoms with E-state index in [2.05, 4.69) is 20.6 Å². The number of anilines is 1. The van der Waals surface area contributed by atoms with Crippen LogP contribution in [0.1, 0.15) is 18.9 Å². The van der Waals surface area contributed by atoms with Gasteiger partial charge in [0.05, 0.1) is 24.7 Å². The standard InChI is InChI=1S/C27H27FN6O4S/c1-2-26(35)34(24-15-22(14-23(28)17-24)27-29-31-32-30-27)18-19-6-8-20(9-7-19)21-4-3-5-25(16-21)39(36,37)33-10-12-38-13-11-33/h3-9,14-17H,2,10-13,18H2,1H3,(H,29,30,31,32). The number of sulfonamides is 1. The van der Waals surface area contributed by atoms with E-state index in [0.717, 1.165) is 16.7 Å². The fraction of sp³-hybridized carbons (Fsp3) is 0.259. The van der Waals surface area contributed by atoms with Gasteiger partial charge in [-0.05, 0) is 52.2 Å². The second-order valence-electron chi connectivity index (χ2n) is 9.01. The third kappa shape index (κ3) is 5.87. The summed E-state index contributed by atoms with van der Waals surface area (Å²) in [6.07, 6.45) is 0.233. The lowest BCUT2D eigenvalue weighted by Gasteiger charge is -2.26. The van der Waals surface area contributed by atoms with E-state index in [1.807, 2.05) is 30.3 Å². The van der Waals surface area contributed by atoms with E-state index in [0.29, 0.717) is 37.6 Å². The van der Waals surface area contributed by atoms with Crippen molar-refractivity contribution < 1.29 is 22.3 Å². The third-order valence-electron chi connectivity index (χ3n) is 6.47. The number of carbonyl (C=O) groups excluding carboxylic acids is 1. The van der Waals surface area contributed by atoms with Gasteiger partial charge in [0.25, 0.3) is 0 Å². The number of H-pyrrole nitrogens is 1. The van der Waals surface area contributed by atoms with Gasteiger partial charge in [-0.25, -0.2) is 12.8 Å². The Labute approximate surface area is 225 Å². The molecule has 202 valence electrons. The molecule has 3 aromatic carbocycles. The molecule has 10 nitrogen and oxygen atoms in total. The Kier molecular flexibility index (Phi) is 7.77. The van der Waals surface area contributed by atoms with E-state index < -0.39 is 15.8 Å². The zero-order valence-corrected chi connectivity index (χ0v) is 22.1. The van der Waals surface area contributed by atoms with Gasteiger partial charge >= 0.3 is 0 Å². The van der Waals surface area contributed by atoms with Gasteiger partial charge in [0.2, 0.25) is 21.8 Å². The molecular weight excluding hydrogens is 523 g/mol. The Hall–Kier alpha value is -4.00. The summed E-state index contributed by atoms with van der Waals surface area (Å²) in [5.41, 5.74) is 3.19. The monoisotopic (exact) mass is 550 g/mol. The zero-order chi connectivity index (χ0) is 27.4. The Morgan fingerprint density at radius 1 is 1.03 bits per heavy atom. The molecule has 39 heavy (non-hydrogen) atoms. The van der Waals surface area contributed by atoms with Crippen LogP contribution in [-0.4, -0.2) is 65.6 Å². The van der Waals surface area contributed by atoms with E-state index in [1.54, 1.807) is 31.2 Å². The van der Waals surface area contributed by atoms with Gasteiger partial charge in [0.1, 0.15) is 5.82 Å². The van der Waals surface area contributed by atoms with Crippen LogP contribution in [0.15, 0.2) is 71.6 Å². The molecule has 1 aliphatic heterocycles. The summed E-state index contributed by atoms with van der Waals surface area (Å²) in [5, 5.41) is 13.7. The predicted octanol–water partition coefficient (Wildman–Crippen LogP) is 3.64. The van der Waals surface area contributed by atoms with Crippen LogP contribution >= 0.6 is 0 Å². The number of amides is 1. The Bertz CT molecular complexity index is 1560. The minimum absolute atomic E-state index is 0.176. The first-order valence-corrected chi connectivity index (χ1v) is 13.9. The van der Waals surface area contributed by atoms with Crippen LogP contribution < -0.4 is 4.90 Å². The highest BCUT2D eigenvalue weighted by molar-refractivity contribution is 7.89. The fourth-order valence-corrected chi connectivity index (χ4v) is 5.87. The van der Waals surface area contributed by atoms with E-state index >= 15 is 0 Å². The normalized spacial score (nSPS) is 14.3. The Balaban J connectivity index is 1.39. The maximum Gasteiger partial charge on any atom is 0.243 e. The van der Waals surface area contributed by atoms with Crippen molar-refractivity contribution in [3.63, 3.8) is 0 Å². The summed E-state index contributed by atoms with van der Waals surface area (Å²) >= 11 is 0. The highest BCUT2D eigenvalue weighted by atomic mass is 32.2. The van der Waals surface area contributed by atoms with E-state index in [9.17, 15) is 17.6 Å². The molecule has 0 saturated carbocycles. The van der Waals surface area contributed by atoms with E-state index in [-0.39, 0.29) is 29.6 Å². The van der Waals surface area contributed by atoms with Crippen LogP contribution in [0.5, 0.6) is 0 Å². The van der Waals surface area contributed by atoms with Crippen molar-refractivity contribution in [2.45, 2.75) is 24.8 Å². The molecule has 12 heteroatoms. The second kappa shape index (κ2) is 11.4. The molecule has 1 fully saturated rings. The number of tetrazole rings is 1. The quantitative estimate of drug-likeness (QED) is 0.356. The highest BCUT2D eigenvalue weighted by Crippen LogP contribution is 2.28. The SMILES string of the molecule is CCC(=O)N(Cc1ccc(-c2cccc(S(=O)(=O)N3CCOCC3)c2)cc1)c1cc(F)cc(-c2nn[nH]n2)c1. The number of aromatic nitrogens is 4. The van der Waals surface area contributed by atoms with Gasteiger partial charge in [-0.1, -0.05) is 43.3 Å². The van der Waals surface area contributed by atoms with Crippen LogP contribution in [0.25, 0.3) is 22.5 Å². The molecule has 4 aromatic rings. The average molecular weight is 551 g/mol. The lowest BCUT2D eigenvalue weighted by molar-refractivity contribution is -0.118. The third-order valence-corrected chi connectivity index (χ3v) is 8.37. The molecule has 1 N–H and O–H groups in total. The topological polar surface area (TPSA) is 121 Å². The average Bonchev–Trinajstić information content (AvgIpc) is 3.51. The molecule has 1 saturated heterocycles. The molecular formula is C27H27FN6O4S. The van der Waals surface area contributed by atoms with Crippen LogP contribution in [-0.2, 0) is 26.1 Å². The van der Waals surface area contributed by atoms with Crippen molar-refractivity contribution in [3.05, 3.63) is 78.1 Å². The summed E-state index contributed by atoms with van der Waals surface area (Å²) in [7, 11) is -3.62. The van der Waals surface area contributed by atoms with Crippen molar-refractivity contribution in [1.82, 2.24) is 24.9 Å². The molecule has 0 radical (unpaired) electrons. The summed E-state index contributed by atoms with van der Waals surface area (Å²) in [6, 6.07) is 18.6. The summed E-state index contributed by atoms with van der Waals surface area (Å²) in [4.78, 5) is 14.6. The molecule has 1 aliphatic rings. The molecule has 0 unspecified atom stereocenters. The number of aromatic amines is 1. The number of benzene rings is 3. The van der Waals surface area contributed by atoms with Crippen LogP contribution in [0.4, 0.5) is 10.1 Å². The Morgan fingerprint density at radius 3 is 2.49 bits per heavy atom. The van der Waals surface area contributed by atoms with E-state index in [4.69, 9.17) is 4.74 Å². The number of carbonyl (C=O) groups is 1. The van der Waals surface area contributed by atoms with Gasteiger partial charge in [0.15, 0.2) is 0 Å². The number of hydrogen-bond donors (Lipinski definition) is 1. The maximum absolute atomic E-state index is 14.5. The molecule has 2 heterocycles. The van der Waals surface area contributed by atoms with Gasteiger partial charge in [-0.3, -0.25) is 4.79 Å². The van der Waals surface area contributed by atoms with Crippen molar-refractivity contribution in [1.29, 1.82) is 0 Å². The predicted molar refractivity (Wildman–Crippen MR) is 143 cm³/mol. The Morgan fingerprint density at radius 2 is 1.79 bits per heavy atom. The van der Waals surface area contributed by atoms with Gasteiger partial charge < -0.3 is 9.64 Å². The molecule has 1 amide bonds. The zero-order valence-electron chi connectivity index (χ0n) is 21.2. The molecule has 1 aromatic heterocycles. The lowest BCUT2D eigenvalue weighted by Crippen LogP contribution is -2.40. The van der Waals surface area contributed by atoms with Crippen LogP contribution in [0.2, 0.25) is 0 Å². The summed E-state index contributed by atoms with van der Waals surface area (Å²) in [5.74, 6) is -0.477. The first kappa shape index (κ1) is 26.6. The summed E-state index contributed by atoms with van der Waals surface area (Å²) in [6.45, 7) is 3.38. The molecule has 0 spiro atoms. The molecule has 0 bridgehead atoms. The highest BCUT2D eigenvalue weighted by Gasteiger charge is 2.26. The largest absolute Gasteiger partial charge is 0.379 e. The van der Waals surface area contributed by atoms with Gasteiger partial charge in [0, 0.05) is 30.8 Å². The lowest BCUT2D eigenvalue weighted by atomic mass is 10.0. The van der Waals surface area contributed by atoms with Crippen LogP contribution in [0.3, 0.4) is 0 Å². The number of rotatable bonds is 8.